The molecule has 3 heterocycles. The molecule has 3 aromatic rings. The standard InChI is InChI=1S/C29H34FN3O2/c1-21-17-32(19-31-21)28-14-9-22(16-29(28)34-2)15-23-5-3-6-26-7-4-8-27(33(26)20-35-18-23)24-10-12-25(30)13-11-24/h9-17,19,26-27H,3-8,18,20H2,1-2H3/b23-15+/t26-,27?/m1/s1. The molecule has 0 aliphatic carbocycles. The van der Waals surface area contributed by atoms with E-state index in [9.17, 15) is 4.39 Å². The van der Waals surface area contributed by atoms with E-state index in [0.29, 0.717) is 25.4 Å². The molecule has 2 aliphatic rings. The lowest BCUT2D eigenvalue weighted by atomic mass is 9.89. The fraction of sp³-hybridized carbons (Fsp3) is 0.414. The summed E-state index contributed by atoms with van der Waals surface area (Å²) in [6.07, 6.45) is 12.9. The van der Waals surface area contributed by atoms with Gasteiger partial charge in [0.1, 0.15) is 18.3 Å². The van der Waals surface area contributed by atoms with E-state index in [0.717, 1.165) is 48.4 Å². The molecule has 1 unspecified atom stereocenters. The zero-order chi connectivity index (χ0) is 24.2. The van der Waals surface area contributed by atoms with Gasteiger partial charge in [-0.3, -0.25) is 4.90 Å². The average Bonchev–Trinajstić information content (AvgIpc) is 3.34. The number of nitrogens with zero attached hydrogens (tertiary/aromatic N) is 3. The van der Waals surface area contributed by atoms with Crippen molar-refractivity contribution in [3.8, 4) is 11.4 Å². The maximum atomic E-state index is 13.5. The summed E-state index contributed by atoms with van der Waals surface area (Å²) in [5.74, 6) is 0.640. The summed E-state index contributed by atoms with van der Waals surface area (Å²) < 4.78 is 27.4. The number of methoxy groups -OCH3 is 1. The molecule has 1 aromatic heterocycles. The van der Waals surface area contributed by atoms with Gasteiger partial charge < -0.3 is 14.0 Å². The minimum atomic E-state index is -0.179. The first-order chi connectivity index (χ1) is 17.1. The molecule has 0 radical (unpaired) electrons. The lowest BCUT2D eigenvalue weighted by Crippen LogP contribution is -2.42. The molecule has 5 nitrogen and oxygen atoms in total. The number of hydrogen-bond donors (Lipinski definition) is 0. The molecular weight excluding hydrogens is 441 g/mol. The second-order valence-electron chi connectivity index (χ2n) is 9.69. The number of halogens is 1. The molecule has 2 aromatic carbocycles. The van der Waals surface area contributed by atoms with E-state index in [1.807, 2.05) is 36.1 Å². The highest BCUT2D eigenvalue weighted by Gasteiger charge is 2.32. The van der Waals surface area contributed by atoms with Crippen LogP contribution >= 0.6 is 0 Å². The highest BCUT2D eigenvalue weighted by molar-refractivity contribution is 5.60. The molecule has 6 heteroatoms. The molecule has 0 spiro atoms. The first kappa shape index (κ1) is 23.8. The van der Waals surface area contributed by atoms with Crippen molar-refractivity contribution >= 4 is 6.08 Å². The Balaban J connectivity index is 1.32. The summed E-state index contributed by atoms with van der Waals surface area (Å²) in [6.45, 7) is 3.20. The SMILES string of the molecule is COc1cc(/C=C2\CCC[C@@H]3CCCC(c4ccc(F)cc4)N3COC2)ccc1-n1cnc(C)c1. The van der Waals surface area contributed by atoms with E-state index < -0.39 is 0 Å². The van der Waals surface area contributed by atoms with Gasteiger partial charge in [-0.15, -0.1) is 0 Å². The summed E-state index contributed by atoms with van der Waals surface area (Å²) in [6, 6.07) is 14.1. The molecule has 2 saturated heterocycles. The number of fused-ring (bicyclic) bond motifs is 1. The van der Waals surface area contributed by atoms with Gasteiger partial charge in [0.25, 0.3) is 0 Å². The Hall–Kier alpha value is -2.96. The van der Waals surface area contributed by atoms with Crippen LogP contribution < -0.4 is 4.74 Å². The Morgan fingerprint density at radius 2 is 1.91 bits per heavy atom. The number of benzene rings is 2. The molecule has 0 N–H and O–H groups in total. The second-order valence-corrected chi connectivity index (χ2v) is 9.69. The monoisotopic (exact) mass is 475 g/mol. The number of aryl methyl sites for hydroxylation is 1. The zero-order valence-corrected chi connectivity index (χ0v) is 20.6. The average molecular weight is 476 g/mol. The summed E-state index contributed by atoms with van der Waals surface area (Å²) in [5.41, 5.74) is 5.55. The Bertz CT molecular complexity index is 1170. The van der Waals surface area contributed by atoms with Gasteiger partial charge in [-0.05, 0) is 86.4 Å². The van der Waals surface area contributed by atoms with E-state index in [2.05, 4.69) is 34.2 Å². The van der Waals surface area contributed by atoms with Crippen LogP contribution in [0.3, 0.4) is 0 Å². The molecule has 2 aliphatic heterocycles. The van der Waals surface area contributed by atoms with Crippen molar-refractivity contribution in [3.05, 3.63) is 83.2 Å². The predicted molar refractivity (Wildman–Crippen MR) is 136 cm³/mol. The topological polar surface area (TPSA) is 39.5 Å². The van der Waals surface area contributed by atoms with Gasteiger partial charge in [0, 0.05) is 18.3 Å². The lowest BCUT2D eigenvalue weighted by Gasteiger charge is -2.42. The van der Waals surface area contributed by atoms with Crippen LogP contribution in [0, 0.1) is 12.7 Å². The smallest absolute Gasteiger partial charge is 0.143 e. The number of aromatic nitrogens is 2. The van der Waals surface area contributed by atoms with Crippen molar-refractivity contribution in [2.75, 3.05) is 20.4 Å². The van der Waals surface area contributed by atoms with Gasteiger partial charge in [0.05, 0.1) is 31.4 Å². The van der Waals surface area contributed by atoms with Crippen LogP contribution in [0.15, 0.2) is 60.6 Å². The van der Waals surface area contributed by atoms with Crippen LogP contribution in [0.25, 0.3) is 11.8 Å². The quantitative estimate of drug-likeness (QED) is 0.434. The van der Waals surface area contributed by atoms with Gasteiger partial charge >= 0.3 is 0 Å². The Kier molecular flexibility index (Phi) is 7.30. The molecule has 184 valence electrons. The first-order valence-electron chi connectivity index (χ1n) is 12.6. The Morgan fingerprint density at radius 3 is 2.69 bits per heavy atom. The number of hydrogen-bond acceptors (Lipinski definition) is 4. The highest BCUT2D eigenvalue weighted by atomic mass is 19.1. The minimum absolute atomic E-state index is 0.179. The summed E-state index contributed by atoms with van der Waals surface area (Å²) in [7, 11) is 1.70. The van der Waals surface area contributed by atoms with Crippen LogP contribution in [0.2, 0.25) is 0 Å². The van der Waals surface area contributed by atoms with E-state index in [1.165, 1.54) is 24.0 Å². The van der Waals surface area contributed by atoms with Crippen LogP contribution in [0.1, 0.15) is 61.4 Å². The third-order valence-corrected chi connectivity index (χ3v) is 7.27. The van der Waals surface area contributed by atoms with Gasteiger partial charge in [0.2, 0.25) is 0 Å². The van der Waals surface area contributed by atoms with Crippen molar-refractivity contribution in [3.63, 3.8) is 0 Å². The fourth-order valence-corrected chi connectivity index (χ4v) is 5.50. The lowest BCUT2D eigenvalue weighted by molar-refractivity contribution is -0.0338. The van der Waals surface area contributed by atoms with Crippen LogP contribution in [0.5, 0.6) is 5.75 Å². The van der Waals surface area contributed by atoms with Crippen molar-refractivity contribution < 1.29 is 13.9 Å². The van der Waals surface area contributed by atoms with Gasteiger partial charge in [-0.1, -0.05) is 24.3 Å². The zero-order valence-electron chi connectivity index (χ0n) is 20.6. The minimum Gasteiger partial charge on any atom is -0.495 e. The molecular formula is C29H34FN3O2. The van der Waals surface area contributed by atoms with E-state index in [1.54, 1.807) is 19.2 Å². The van der Waals surface area contributed by atoms with Crippen LogP contribution in [-0.4, -0.2) is 40.9 Å². The summed E-state index contributed by atoms with van der Waals surface area (Å²) in [4.78, 5) is 6.83. The Labute approximate surface area is 207 Å². The number of imidazole rings is 1. The van der Waals surface area contributed by atoms with Crippen molar-refractivity contribution in [2.24, 2.45) is 0 Å². The van der Waals surface area contributed by atoms with Crippen LogP contribution in [-0.2, 0) is 4.74 Å². The van der Waals surface area contributed by atoms with Crippen molar-refractivity contribution in [1.82, 2.24) is 14.5 Å². The molecule has 2 fully saturated rings. The van der Waals surface area contributed by atoms with Crippen molar-refractivity contribution in [2.45, 2.75) is 57.5 Å². The molecule has 0 amide bonds. The van der Waals surface area contributed by atoms with Gasteiger partial charge in [-0.2, -0.15) is 0 Å². The van der Waals surface area contributed by atoms with Gasteiger partial charge in [0.15, 0.2) is 0 Å². The van der Waals surface area contributed by atoms with Crippen LogP contribution in [0.4, 0.5) is 4.39 Å². The largest absolute Gasteiger partial charge is 0.495 e. The second kappa shape index (κ2) is 10.8. The maximum absolute atomic E-state index is 13.5. The third-order valence-electron chi connectivity index (χ3n) is 7.27. The number of piperidine rings is 1. The number of rotatable bonds is 4. The molecule has 0 bridgehead atoms. The molecule has 35 heavy (non-hydrogen) atoms. The number of ether oxygens (including phenoxy) is 2. The molecule has 0 saturated carbocycles. The highest BCUT2D eigenvalue weighted by Crippen LogP contribution is 2.37. The van der Waals surface area contributed by atoms with E-state index in [4.69, 9.17) is 9.47 Å². The maximum Gasteiger partial charge on any atom is 0.143 e. The Morgan fingerprint density at radius 1 is 1.09 bits per heavy atom. The first-order valence-corrected chi connectivity index (χ1v) is 12.6. The van der Waals surface area contributed by atoms with E-state index in [-0.39, 0.29) is 5.82 Å². The summed E-state index contributed by atoms with van der Waals surface area (Å²) in [5, 5.41) is 0. The summed E-state index contributed by atoms with van der Waals surface area (Å²) >= 11 is 0. The van der Waals surface area contributed by atoms with E-state index >= 15 is 0 Å². The fourth-order valence-electron chi connectivity index (χ4n) is 5.50. The molecule has 2 atom stereocenters. The van der Waals surface area contributed by atoms with Crippen molar-refractivity contribution in [1.29, 1.82) is 0 Å². The molecule has 5 rings (SSSR count). The predicted octanol–water partition coefficient (Wildman–Crippen LogP) is 6.47. The third kappa shape index (κ3) is 5.49. The normalized spacial score (nSPS) is 22.8. The van der Waals surface area contributed by atoms with Gasteiger partial charge in [-0.25, -0.2) is 9.37 Å².